The molecule has 1 aliphatic heterocycles. The Balaban J connectivity index is 1.40. The Morgan fingerprint density at radius 3 is 2.41 bits per heavy atom. The van der Waals surface area contributed by atoms with E-state index in [1.165, 1.54) is 0 Å². The Morgan fingerprint density at radius 2 is 1.74 bits per heavy atom. The predicted octanol–water partition coefficient (Wildman–Crippen LogP) is 4.71. The number of hydrogen-bond donors (Lipinski definition) is 2. The number of benzene rings is 2. The first-order valence-electron chi connectivity index (χ1n) is 10.9. The number of aryl methyl sites for hydroxylation is 2. The van der Waals surface area contributed by atoms with Gasteiger partial charge in [0.25, 0.3) is 0 Å². The van der Waals surface area contributed by atoms with Crippen LogP contribution in [0.2, 0.25) is 5.28 Å². The van der Waals surface area contributed by atoms with Gasteiger partial charge in [0.1, 0.15) is 36.5 Å². The van der Waals surface area contributed by atoms with Crippen molar-refractivity contribution < 1.29 is 19.4 Å². The van der Waals surface area contributed by atoms with Crippen molar-refractivity contribution in [2.24, 2.45) is 0 Å². The molecule has 2 N–H and O–H groups in total. The molecule has 0 saturated carbocycles. The molecule has 3 heterocycles. The zero-order valence-electron chi connectivity index (χ0n) is 18.7. The van der Waals surface area contributed by atoms with Gasteiger partial charge in [-0.1, -0.05) is 35.4 Å². The molecule has 5 rings (SSSR count). The molecular formula is C24H24ClN5O4. The largest absolute Gasteiger partial charge is 0.491 e. The number of imidazole rings is 1. The zero-order chi connectivity index (χ0) is 23.7. The number of rotatable bonds is 7. The molecule has 2 aromatic heterocycles. The molecule has 0 radical (unpaired) electrons. The lowest BCUT2D eigenvalue weighted by Gasteiger charge is -2.20. The van der Waals surface area contributed by atoms with Gasteiger partial charge in [0, 0.05) is 6.42 Å². The fraction of sp³-hybridized carbons (Fsp3) is 0.292. The highest BCUT2D eigenvalue weighted by Gasteiger charge is 2.39. The Labute approximate surface area is 201 Å². The average Bonchev–Trinajstić information content (AvgIpc) is 3.43. The molecule has 1 fully saturated rings. The maximum atomic E-state index is 9.38. The summed E-state index contributed by atoms with van der Waals surface area (Å²) in [6, 6.07) is 15.8. The summed E-state index contributed by atoms with van der Waals surface area (Å²) >= 11 is 6.04. The van der Waals surface area contributed by atoms with E-state index in [-0.39, 0.29) is 23.3 Å². The molecule has 4 aromatic rings. The maximum absolute atomic E-state index is 9.38. The van der Waals surface area contributed by atoms with E-state index in [2.05, 4.69) is 15.0 Å². The van der Waals surface area contributed by atoms with Crippen molar-refractivity contribution in [1.82, 2.24) is 19.5 Å². The molecule has 2 aromatic carbocycles. The van der Waals surface area contributed by atoms with Crippen LogP contribution in [0, 0.1) is 13.8 Å². The molecule has 10 heteroatoms. The molecule has 0 aliphatic carbocycles. The average molecular weight is 482 g/mol. The van der Waals surface area contributed by atoms with Gasteiger partial charge in [-0.05, 0) is 49.7 Å². The van der Waals surface area contributed by atoms with Crippen LogP contribution in [0.25, 0.3) is 11.2 Å². The van der Waals surface area contributed by atoms with E-state index in [0.29, 0.717) is 24.2 Å². The fourth-order valence-electron chi connectivity index (χ4n) is 3.93. The molecule has 0 amide bonds. The molecule has 0 bridgehead atoms. The summed E-state index contributed by atoms with van der Waals surface area (Å²) in [5.41, 5.74) is 5.15. The zero-order valence-corrected chi connectivity index (χ0v) is 19.4. The van der Waals surface area contributed by atoms with Gasteiger partial charge in [-0.25, -0.2) is 4.98 Å². The summed E-state index contributed by atoms with van der Waals surface area (Å²) in [6.07, 6.45) is 1.07. The number of ether oxygens (including phenoxy) is 3. The van der Waals surface area contributed by atoms with Crippen molar-refractivity contribution in [2.75, 3.05) is 12.1 Å². The molecule has 1 saturated heterocycles. The standard InChI is InChI=1S/C24H24ClN5O4/c1-14-3-7-16(8-4-14)32-12-19-18(33-17-9-5-15(2)6-10-17)11-20(34-19)30-13-26-21-22(29-31)27-24(25)28-23(21)30/h3-10,13,18-20,31H,11-12H2,1-2H3,(H,27,28,29)/t18-,19+,20+/m0/s1. The summed E-state index contributed by atoms with van der Waals surface area (Å²) in [4.78, 5) is 12.6. The molecular weight excluding hydrogens is 458 g/mol. The van der Waals surface area contributed by atoms with Gasteiger partial charge in [-0.3, -0.25) is 15.3 Å². The SMILES string of the molecule is Cc1ccc(OC[C@H]2O[C@@H](n3cnc4c(NO)nc(Cl)nc43)C[C@@H]2Oc2ccc(C)cc2)cc1. The van der Waals surface area contributed by atoms with Gasteiger partial charge in [-0.15, -0.1) is 0 Å². The molecule has 34 heavy (non-hydrogen) atoms. The first-order valence-corrected chi connectivity index (χ1v) is 11.3. The summed E-state index contributed by atoms with van der Waals surface area (Å²) in [5, 5.41) is 9.36. The first-order chi connectivity index (χ1) is 16.5. The van der Waals surface area contributed by atoms with E-state index in [1.54, 1.807) is 10.9 Å². The second kappa shape index (κ2) is 9.46. The summed E-state index contributed by atoms with van der Waals surface area (Å²) < 4.78 is 20.5. The van der Waals surface area contributed by atoms with Crippen LogP contribution in [0.15, 0.2) is 54.9 Å². The minimum Gasteiger partial charge on any atom is -0.491 e. The van der Waals surface area contributed by atoms with Crippen LogP contribution in [-0.2, 0) is 4.74 Å². The van der Waals surface area contributed by atoms with Crippen molar-refractivity contribution in [1.29, 1.82) is 0 Å². The van der Waals surface area contributed by atoms with Gasteiger partial charge < -0.3 is 14.2 Å². The Kier molecular flexibility index (Phi) is 6.23. The number of anilines is 1. The third kappa shape index (κ3) is 4.63. The smallest absolute Gasteiger partial charge is 0.226 e. The second-order valence-corrected chi connectivity index (χ2v) is 8.57. The molecule has 9 nitrogen and oxygen atoms in total. The first kappa shape index (κ1) is 22.4. The van der Waals surface area contributed by atoms with E-state index >= 15 is 0 Å². The van der Waals surface area contributed by atoms with Crippen molar-refractivity contribution in [3.8, 4) is 11.5 Å². The number of nitrogens with one attached hydrogen (secondary N) is 1. The number of aromatic nitrogens is 4. The summed E-state index contributed by atoms with van der Waals surface area (Å²) in [6.45, 7) is 4.37. The van der Waals surface area contributed by atoms with Gasteiger partial charge in [-0.2, -0.15) is 9.97 Å². The Hall–Kier alpha value is -3.40. The molecule has 3 atom stereocenters. The molecule has 0 unspecified atom stereocenters. The lowest BCUT2D eigenvalue weighted by Crippen LogP contribution is -2.32. The van der Waals surface area contributed by atoms with Gasteiger partial charge >= 0.3 is 0 Å². The highest BCUT2D eigenvalue weighted by atomic mass is 35.5. The highest BCUT2D eigenvalue weighted by molar-refractivity contribution is 6.28. The summed E-state index contributed by atoms with van der Waals surface area (Å²) in [7, 11) is 0. The van der Waals surface area contributed by atoms with Crippen molar-refractivity contribution in [3.63, 3.8) is 0 Å². The highest BCUT2D eigenvalue weighted by Crippen LogP contribution is 2.35. The minimum absolute atomic E-state index is 0.0180. The van der Waals surface area contributed by atoms with Gasteiger partial charge in [0.2, 0.25) is 5.28 Å². The van der Waals surface area contributed by atoms with Crippen LogP contribution in [-0.4, -0.2) is 43.5 Å². The van der Waals surface area contributed by atoms with Gasteiger partial charge in [0.15, 0.2) is 17.0 Å². The van der Waals surface area contributed by atoms with Crippen molar-refractivity contribution in [2.45, 2.75) is 38.7 Å². The number of nitrogens with zero attached hydrogens (tertiary/aromatic N) is 4. The summed E-state index contributed by atoms with van der Waals surface area (Å²) in [5.74, 6) is 1.64. The minimum atomic E-state index is -0.426. The van der Waals surface area contributed by atoms with Gasteiger partial charge in [0.05, 0.1) is 6.33 Å². The van der Waals surface area contributed by atoms with E-state index in [1.807, 2.05) is 67.9 Å². The van der Waals surface area contributed by atoms with E-state index < -0.39 is 6.23 Å². The van der Waals surface area contributed by atoms with Crippen LogP contribution in [0.4, 0.5) is 5.82 Å². The van der Waals surface area contributed by atoms with Crippen LogP contribution in [0.5, 0.6) is 11.5 Å². The third-order valence-electron chi connectivity index (χ3n) is 5.73. The van der Waals surface area contributed by atoms with Crippen LogP contribution in [0.3, 0.4) is 0 Å². The van der Waals surface area contributed by atoms with E-state index in [9.17, 15) is 5.21 Å². The predicted molar refractivity (Wildman–Crippen MR) is 127 cm³/mol. The fourth-order valence-corrected chi connectivity index (χ4v) is 4.09. The maximum Gasteiger partial charge on any atom is 0.226 e. The Bertz CT molecular complexity index is 1280. The normalized spacial score (nSPS) is 19.9. The van der Waals surface area contributed by atoms with Crippen LogP contribution >= 0.6 is 11.6 Å². The second-order valence-electron chi connectivity index (χ2n) is 8.24. The molecule has 0 spiro atoms. The molecule has 1 aliphatic rings. The lowest BCUT2D eigenvalue weighted by molar-refractivity contribution is -0.0341. The monoisotopic (exact) mass is 481 g/mol. The van der Waals surface area contributed by atoms with E-state index in [0.717, 1.165) is 22.6 Å². The van der Waals surface area contributed by atoms with Crippen LogP contribution in [0.1, 0.15) is 23.8 Å². The third-order valence-corrected chi connectivity index (χ3v) is 5.90. The number of hydrogen-bond acceptors (Lipinski definition) is 8. The van der Waals surface area contributed by atoms with Crippen molar-refractivity contribution in [3.05, 3.63) is 71.3 Å². The lowest BCUT2D eigenvalue weighted by atomic mass is 10.1. The van der Waals surface area contributed by atoms with Crippen molar-refractivity contribution >= 4 is 28.6 Å². The topological polar surface area (TPSA) is 104 Å². The van der Waals surface area contributed by atoms with Crippen LogP contribution < -0.4 is 15.0 Å². The van der Waals surface area contributed by atoms with E-state index in [4.69, 9.17) is 25.8 Å². The number of halogens is 1. The Morgan fingerprint density at radius 1 is 1.06 bits per heavy atom. The number of fused-ring (bicyclic) bond motifs is 1. The quantitative estimate of drug-likeness (QED) is 0.289. The molecule has 176 valence electrons.